The summed E-state index contributed by atoms with van der Waals surface area (Å²) >= 11 is 0. The van der Waals surface area contributed by atoms with Gasteiger partial charge in [0.2, 0.25) is 5.88 Å². The zero-order valence-corrected chi connectivity index (χ0v) is 12.9. The van der Waals surface area contributed by atoms with E-state index >= 15 is 0 Å². The standard InChI is InChI=1S/C17H16F2N2O3/c1-24-16-12(3-2-6-20-16)17(23)21-9-11(22)8-15(21)13-7-10(18)4-5-14(13)19/h2-7,11,15,22H,8-9H2,1H3/t11-,15-/m1/s1. The Morgan fingerprint density at radius 1 is 1.38 bits per heavy atom. The topological polar surface area (TPSA) is 62.7 Å². The number of hydrogen-bond acceptors (Lipinski definition) is 4. The van der Waals surface area contributed by atoms with Crippen LogP contribution in [0.5, 0.6) is 5.88 Å². The van der Waals surface area contributed by atoms with Gasteiger partial charge in [-0.15, -0.1) is 0 Å². The van der Waals surface area contributed by atoms with Crippen molar-refractivity contribution in [1.82, 2.24) is 9.88 Å². The zero-order valence-electron chi connectivity index (χ0n) is 12.9. The van der Waals surface area contributed by atoms with Crippen molar-refractivity contribution in [3.8, 4) is 5.88 Å². The zero-order chi connectivity index (χ0) is 17.3. The predicted octanol–water partition coefficient (Wildman–Crippen LogP) is 2.32. The van der Waals surface area contributed by atoms with Gasteiger partial charge < -0.3 is 14.7 Å². The van der Waals surface area contributed by atoms with Gasteiger partial charge in [0.05, 0.1) is 19.3 Å². The number of aromatic nitrogens is 1. The molecule has 0 unspecified atom stereocenters. The number of pyridine rings is 1. The molecular weight excluding hydrogens is 318 g/mol. The number of aliphatic hydroxyl groups is 1. The van der Waals surface area contributed by atoms with Gasteiger partial charge in [-0.05, 0) is 36.8 Å². The summed E-state index contributed by atoms with van der Waals surface area (Å²) in [4.78, 5) is 18.1. The minimum atomic E-state index is -0.815. The van der Waals surface area contributed by atoms with Gasteiger partial charge in [-0.25, -0.2) is 13.8 Å². The molecule has 0 spiro atoms. The molecule has 0 saturated carbocycles. The molecule has 5 nitrogen and oxygen atoms in total. The first kappa shape index (κ1) is 16.3. The summed E-state index contributed by atoms with van der Waals surface area (Å²) in [6, 6.07) is 5.45. The number of carbonyl (C=O) groups is 1. The molecule has 1 aliphatic rings. The molecule has 1 aromatic heterocycles. The Balaban J connectivity index is 1.99. The van der Waals surface area contributed by atoms with Crippen molar-refractivity contribution < 1.29 is 23.4 Å². The van der Waals surface area contributed by atoms with Gasteiger partial charge in [0, 0.05) is 18.3 Å². The quantitative estimate of drug-likeness (QED) is 0.936. The highest BCUT2D eigenvalue weighted by Crippen LogP contribution is 2.35. The normalized spacial score (nSPS) is 20.2. The fourth-order valence-electron chi connectivity index (χ4n) is 2.97. The van der Waals surface area contributed by atoms with Gasteiger partial charge in [0.25, 0.3) is 5.91 Å². The van der Waals surface area contributed by atoms with Crippen molar-refractivity contribution >= 4 is 5.91 Å². The second-order valence-electron chi connectivity index (χ2n) is 5.59. The van der Waals surface area contributed by atoms with E-state index in [1.165, 1.54) is 24.3 Å². The molecule has 1 N–H and O–H groups in total. The largest absolute Gasteiger partial charge is 0.480 e. The molecule has 1 fully saturated rings. The highest BCUT2D eigenvalue weighted by Gasteiger charge is 2.38. The first-order valence-electron chi connectivity index (χ1n) is 7.44. The van der Waals surface area contributed by atoms with Crippen LogP contribution in [0.15, 0.2) is 36.5 Å². The second-order valence-corrected chi connectivity index (χ2v) is 5.59. The summed E-state index contributed by atoms with van der Waals surface area (Å²) in [6.07, 6.45) is 0.802. The van der Waals surface area contributed by atoms with Gasteiger partial charge in [0.15, 0.2) is 0 Å². The lowest BCUT2D eigenvalue weighted by molar-refractivity contribution is 0.0709. The third-order valence-corrected chi connectivity index (χ3v) is 4.05. The molecule has 3 rings (SSSR count). The molecule has 0 aliphatic carbocycles. The van der Waals surface area contributed by atoms with E-state index in [4.69, 9.17) is 4.74 Å². The molecule has 0 bridgehead atoms. The molecular formula is C17H16F2N2O3. The average molecular weight is 334 g/mol. The van der Waals surface area contributed by atoms with Crippen LogP contribution in [0.3, 0.4) is 0 Å². The number of carbonyl (C=O) groups excluding carboxylic acids is 1. The van der Waals surface area contributed by atoms with Gasteiger partial charge in [-0.1, -0.05) is 0 Å². The van der Waals surface area contributed by atoms with Gasteiger partial charge in [-0.2, -0.15) is 0 Å². The third-order valence-electron chi connectivity index (χ3n) is 4.05. The number of hydrogen-bond donors (Lipinski definition) is 1. The van der Waals surface area contributed by atoms with Crippen LogP contribution < -0.4 is 4.74 Å². The van der Waals surface area contributed by atoms with Crippen LogP contribution in [0.25, 0.3) is 0 Å². The summed E-state index contributed by atoms with van der Waals surface area (Å²) in [5.41, 5.74) is 0.249. The van der Waals surface area contributed by atoms with E-state index in [-0.39, 0.29) is 30.0 Å². The summed E-state index contributed by atoms with van der Waals surface area (Å²) in [5, 5.41) is 9.96. The number of ether oxygens (including phenoxy) is 1. The fourth-order valence-corrected chi connectivity index (χ4v) is 2.97. The summed E-state index contributed by atoms with van der Waals surface area (Å²) < 4.78 is 32.7. The van der Waals surface area contributed by atoms with Crippen LogP contribution in [-0.4, -0.2) is 40.7 Å². The van der Waals surface area contributed by atoms with E-state index in [1.807, 2.05) is 0 Å². The first-order valence-corrected chi connectivity index (χ1v) is 7.44. The summed E-state index contributed by atoms with van der Waals surface area (Å²) in [7, 11) is 1.39. The molecule has 0 radical (unpaired) electrons. The van der Waals surface area contributed by atoms with Crippen LogP contribution >= 0.6 is 0 Å². The van der Waals surface area contributed by atoms with Crippen molar-refractivity contribution in [1.29, 1.82) is 0 Å². The summed E-state index contributed by atoms with van der Waals surface area (Å²) in [6.45, 7) is 0.0253. The maximum Gasteiger partial charge on any atom is 0.259 e. The SMILES string of the molecule is COc1ncccc1C(=O)N1C[C@H](O)C[C@@H]1c1cc(F)ccc1F. The number of benzene rings is 1. The number of methoxy groups -OCH3 is 1. The number of nitrogens with zero attached hydrogens (tertiary/aromatic N) is 2. The van der Waals surface area contributed by atoms with Gasteiger partial charge in [0.1, 0.15) is 17.2 Å². The maximum atomic E-state index is 14.1. The highest BCUT2D eigenvalue weighted by molar-refractivity contribution is 5.96. The predicted molar refractivity (Wildman–Crippen MR) is 81.5 cm³/mol. The van der Waals surface area contributed by atoms with Crippen molar-refractivity contribution in [2.75, 3.05) is 13.7 Å². The molecule has 1 aromatic carbocycles. The number of amides is 1. The van der Waals surface area contributed by atoms with Crippen molar-refractivity contribution in [3.05, 3.63) is 59.3 Å². The van der Waals surface area contributed by atoms with Crippen molar-refractivity contribution in [3.63, 3.8) is 0 Å². The lowest BCUT2D eigenvalue weighted by atomic mass is 10.0. The molecule has 1 saturated heterocycles. The van der Waals surface area contributed by atoms with Gasteiger partial charge >= 0.3 is 0 Å². The number of aliphatic hydroxyl groups excluding tert-OH is 1. The molecule has 7 heteroatoms. The monoisotopic (exact) mass is 334 g/mol. The average Bonchev–Trinajstić information content (AvgIpc) is 2.98. The van der Waals surface area contributed by atoms with Crippen molar-refractivity contribution in [2.45, 2.75) is 18.6 Å². The van der Waals surface area contributed by atoms with E-state index < -0.39 is 29.7 Å². The third kappa shape index (κ3) is 2.94. The van der Waals surface area contributed by atoms with E-state index in [0.29, 0.717) is 0 Å². The Morgan fingerprint density at radius 2 is 2.17 bits per heavy atom. The van der Waals surface area contributed by atoms with E-state index in [9.17, 15) is 18.7 Å². The van der Waals surface area contributed by atoms with Crippen molar-refractivity contribution in [2.24, 2.45) is 0 Å². The molecule has 126 valence electrons. The van der Waals surface area contributed by atoms with Crippen LogP contribution in [0.2, 0.25) is 0 Å². The molecule has 2 aromatic rings. The van der Waals surface area contributed by atoms with Crippen LogP contribution in [0.4, 0.5) is 8.78 Å². The Morgan fingerprint density at radius 3 is 2.92 bits per heavy atom. The van der Waals surface area contributed by atoms with Crippen LogP contribution in [-0.2, 0) is 0 Å². The van der Waals surface area contributed by atoms with Crippen LogP contribution in [0, 0.1) is 11.6 Å². The Bertz CT molecular complexity index is 769. The second kappa shape index (κ2) is 6.52. The number of halogens is 2. The fraction of sp³-hybridized carbons (Fsp3) is 0.294. The number of β-amino-alcohol motifs (C(OH)–C–C–N with tert-alkyl or cyclic N) is 1. The molecule has 1 amide bonds. The minimum Gasteiger partial charge on any atom is -0.480 e. The van der Waals surface area contributed by atoms with Crippen LogP contribution in [0.1, 0.15) is 28.4 Å². The Kier molecular flexibility index (Phi) is 4.44. The Hall–Kier alpha value is -2.54. The van der Waals surface area contributed by atoms with E-state index in [0.717, 1.165) is 18.2 Å². The molecule has 2 atom stereocenters. The lowest BCUT2D eigenvalue weighted by Crippen LogP contribution is -2.32. The summed E-state index contributed by atoms with van der Waals surface area (Å²) in [5.74, 6) is -1.53. The molecule has 2 heterocycles. The lowest BCUT2D eigenvalue weighted by Gasteiger charge is -2.25. The number of likely N-dealkylation sites (tertiary alicyclic amines) is 1. The molecule has 1 aliphatic heterocycles. The minimum absolute atomic E-state index is 0.0253. The Labute approximate surface area is 137 Å². The number of rotatable bonds is 3. The smallest absolute Gasteiger partial charge is 0.259 e. The first-order chi connectivity index (χ1) is 11.5. The maximum absolute atomic E-state index is 14.1. The molecule has 24 heavy (non-hydrogen) atoms. The van der Waals surface area contributed by atoms with Gasteiger partial charge in [-0.3, -0.25) is 4.79 Å². The highest BCUT2D eigenvalue weighted by atomic mass is 19.1. The van der Waals surface area contributed by atoms with E-state index in [2.05, 4.69) is 4.98 Å². The van der Waals surface area contributed by atoms with E-state index in [1.54, 1.807) is 6.07 Å².